The normalized spacial score (nSPS) is 12.0. The van der Waals surface area contributed by atoms with Crippen molar-refractivity contribution in [2.75, 3.05) is 13.2 Å². The number of ether oxygens (including phenoxy) is 3. The molecule has 0 aliphatic heterocycles. The lowest BCUT2D eigenvalue weighted by Crippen LogP contribution is -2.30. The standard InChI is InChI=1S/C75H144O6/c1-4-7-10-13-16-19-22-24-26-28-30-32-34-36-38-40-41-43-45-47-49-51-53-56-59-62-65-68-74(77)80-71-72(70-79-73(76)67-64-61-58-55-21-18-15-12-9-6-3)81-75(78)69-66-63-60-57-54-52-50-48-46-44-42-39-37-35-33-31-29-27-25-23-20-17-14-11-8-5-2/h12,15,72H,4-11,13-14,16-71H2,1-3H3/b15-12-. The Labute approximate surface area is 507 Å². The van der Waals surface area contributed by atoms with Gasteiger partial charge in [0.05, 0.1) is 0 Å². The predicted octanol–water partition coefficient (Wildman–Crippen LogP) is 25.6. The molecule has 480 valence electrons. The van der Waals surface area contributed by atoms with Crippen LogP contribution in [0.5, 0.6) is 0 Å². The van der Waals surface area contributed by atoms with Crippen LogP contribution in [-0.4, -0.2) is 37.2 Å². The minimum Gasteiger partial charge on any atom is -0.462 e. The van der Waals surface area contributed by atoms with E-state index in [0.29, 0.717) is 19.3 Å². The summed E-state index contributed by atoms with van der Waals surface area (Å²) in [6, 6.07) is 0. The van der Waals surface area contributed by atoms with E-state index in [0.717, 1.165) is 70.6 Å². The third-order valence-electron chi connectivity index (χ3n) is 17.3. The van der Waals surface area contributed by atoms with Crippen LogP contribution in [0, 0.1) is 0 Å². The molecule has 81 heavy (non-hydrogen) atoms. The van der Waals surface area contributed by atoms with Crippen LogP contribution in [0.1, 0.15) is 432 Å². The van der Waals surface area contributed by atoms with E-state index >= 15 is 0 Å². The Bertz CT molecular complexity index is 1260. The molecule has 0 bridgehead atoms. The first-order chi connectivity index (χ1) is 40.0. The van der Waals surface area contributed by atoms with Crippen molar-refractivity contribution < 1.29 is 28.6 Å². The summed E-state index contributed by atoms with van der Waals surface area (Å²) in [5.74, 6) is -0.842. The van der Waals surface area contributed by atoms with Gasteiger partial charge < -0.3 is 14.2 Å². The van der Waals surface area contributed by atoms with Crippen LogP contribution in [0.2, 0.25) is 0 Å². The number of hydrogen-bond donors (Lipinski definition) is 0. The predicted molar refractivity (Wildman–Crippen MR) is 353 cm³/mol. The highest BCUT2D eigenvalue weighted by atomic mass is 16.6. The zero-order valence-electron chi connectivity index (χ0n) is 55.4. The first-order valence-corrected chi connectivity index (χ1v) is 37.2. The summed E-state index contributed by atoms with van der Waals surface area (Å²) in [4.78, 5) is 38.4. The fourth-order valence-electron chi connectivity index (χ4n) is 11.7. The molecule has 0 aromatic rings. The molecular weight excluding hydrogens is 997 g/mol. The van der Waals surface area contributed by atoms with Crippen LogP contribution in [0.15, 0.2) is 12.2 Å². The molecule has 0 N–H and O–H groups in total. The van der Waals surface area contributed by atoms with Crippen LogP contribution >= 0.6 is 0 Å². The van der Waals surface area contributed by atoms with Crippen molar-refractivity contribution in [3.63, 3.8) is 0 Å². The quantitative estimate of drug-likeness (QED) is 0.0261. The molecule has 0 radical (unpaired) electrons. The molecular formula is C75H144O6. The number of hydrogen-bond acceptors (Lipinski definition) is 6. The Morgan fingerprint density at radius 3 is 0.667 bits per heavy atom. The van der Waals surface area contributed by atoms with Gasteiger partial charge in [-0.2, -0.15) is 0 Å². The molecule has 0 amide bonds. The van der Waals surface area contributed by atoms with E-state index in [4.69, 9.17) is 14.2 Å². The number of allylic oxidation sites excluding steroid dienone is 2. The Morgan fingerprint density at radius 2 is 0.432 bits per heavy atom. The lowest BCUT2D eigenvalue weighted by Gasteiger charge is -2.18. The summed E-state index contributed by atoms with van der Waals surface area (Å²) in [6.07, 6.45) is 85.7. The summed E-state index contributed by atoms with van der Waals surface area (Å²) in [7, 11) is 0. The van der Waals surface area contributed by atoms with Gasteiger partial charge in [0.2, 0.25) is 0 Å². The summed E-state index contributed by atoms with van der Waals surface area (Å²) < 4.78 is 17.0. The Balaban J connectivity index is 4.08. The maximum atomic E-state index is 12.9. The number of unbranched alkanes of at least 4 members (excludes halogenated alkanes) is 57. The van der Waals surface area contributed by atoms with Crippen molar-refractivity contribution >= 4 is 17.9 Å². The molecule has 0 aliphatic carbocycles. The average Bonchev–Trinajstić information content (AvgIpc) is 3.47. The first kappa shape index (κ1) is 79.2. The van der Waals surface area contributed by atoms with Crippen molar-refractivity contribution in [1.82, 2.24) is 0 Å². The molecule has 0 saturated carbocycles. The van der Waals surface area contributed by atoms with E-state index in [2.05, 4.69) is 32.9 Å². The van der Waals surface area contributed by atoms with Gasteiger partial charge in [0.25, 0.3) is 0 Å². The largest absolute Gasteiger partial charge is 0.462 e. The topological polar surface area (TPSA) is 78.9 Å². The van der Waals surface area contributed by atoms with Gasteiger partial charge in [-0.1, -0.05) is 386 Å². The molecule has 0 saturated heterocycles. The number of esters is 3. The van der Waals surface area contributed by atoms with Crippen molar-refractivity contribution in [3.05, 3.63) is 12.2 Å². The van der Waals surface area contributed by atoms with Crippen LogP contribution in [0.4, 0.5) is 0 Å². The molecule has 0 aliphatic rings. The molecule has 0 heterocycles. The van der Waals surface area contributed by atoms with Crippen molar-refractivity contribution in [2.24, 2.45) is 0 Å². The van der Waals surface area contributed by atoms with Gasteiger partial charge in [0.1, 0.15) is 13.2 Å². The number of carbonyl (C=O) groups is 3. The van der Waals surface area contributed by atoms with E-state index in [-0.39, 0.29) is 31.1 Å². The van der Waals surface area contributed by atoms with E-state index in [1.807, 2.05) is 0 Å². The Morgan fingerprint density at radius 1 is 0.235 bits per heavy atom. The fourth-order valence-corrected chi connectivity index (χ4v) is 11.7. The molecule has 0 aromatic heterocycles. The molecule has 1 unspecified atom stereocenters. The highest BCUT2D eigenvalue weighted by Crippen LogP contribution is 2.20. The van der Waals surface area contributed by atoms with Crippen LogP contribution in [0.25, 0.3) is 0 Å². The third-order valence-corrected chi connectivity index (χ3v) is 17.3. The summed E-state index contributed by atoms with van der Waals surface area (Å²) in [5.41, 5.74) is 0. The molecule has 0 aromatic carbocycles. The molecule has 0 fully saturated rings. The lowest BCUT2D eigenvalue weighted by molar-refractivity contribution is -0.167. The van der Waals surface area contributed by atoms with Crippen molar-refractivity contribution in [1.29, 1.82) is 0 Å². The minimum absolute atomic E-state index is 0.0659. The first-order valence-electron chi connectivity index (χ1n) is 37.2. The van der Waals surface area contributed by atoms with Gasteiger partial charge >= 0.3 is 17.9 Å². The Kier molecular flexibility index (Phi) is 69.0. The number of rotatable bonds is 70. The van der Waals surface area contributed by atoms with Gasteiger partial charge in [-0.05, 0) is 38.5 Å². The van der Waals surface area contributed by atoms with E-state index in [1.54, 1.807) is 0 Å². The highest BCUT2D eigenvalue weighted by Gasteiger charge is 2.20. The molecule has 1 atom stereocenters. The van der Waals surface area contributed by atoms with Gasteiger partial charge in [-0.3, -0.25) is 14.4 Å². The molecule has 6 heteroatoms. The summed E-state index contributed by atoms with van der Waals surface area (Å²) >= 11 is 0. The van der Waals surface area contributed by atoms with Crippen molar-refractivity contribution in [3.8, 4) is 0 Å². The second kappa shape index (κ2) is 70.6. The lowest BCUT2D eigenvalue weighted by atomic mass is 10.0. The zero-order chi connectivity index (χ0) is 58.5. The smallest absolute Gasteiger partial charge is 0.306 e. The van der Waals surface area contributed by atoms with Crippen LogP contribution < -0.4 is 0 Å². The van der Waals surface area contributed by atoms with E-state index in [9.17, 15) is 14.4 Å². The van der Waals surface area contributed by atoms with Gasteiger partial charge in [0, 0.05) is 19.3 Å². The maximum absolute atomic E-state index is 12.9. The minimum atomic E-state index is -0.769. The number of carbonyl (C=O) groups excluding carboxylic acids is 3. The van der Waals surface area contributed by atoms with E-state index in [1.165, 1.54) is 321 Å². The van der Waals surface area contributed by atoms with Crippen molar-refractivity contribution in [2.45, 2.75) is 438 Å². The molecule has 0 spiro atoms. The fraction of sp³-hybridized carbons (Fsp3) is 0.933. The van der Waals surface area contributed by atoms with Crippen LogP contribution in [0.3, 0.4) is 0 Å². The maximum Gasteiger partial charge on any atom is 0.306 e. The summed E-state index contributed by atoms with van der Waals surface area (Å²) in [6.45, 7) is 6.67. The van der Waals surface area contributed by atoms with Gasteiger partial charge in [-0.15, -0.1) is 0 Å². The average molecular weight is 1140 g/mol. The SMILES string of the molecule is CCC/C=C\CCCCCCCC(=O)OCC(COC(=O)CCCCCCCCCCCCCCCCCCCCCCCCCCCCC)OC(=O)CCCCCCCCCCCCCCCCCCCCCCCCCCCC. The van der Waals surface area contributed by atoms with Crippen LogP contribution in [-0.2, 0) is 28.6 Å². The van der Waals surface area contributed by atoms with Gasteiger partial charge in [-0.25, -0.2) is 0 Å². The zero-order valence-corrected chi connectivity index (χ0v) is 55.4. The monoisotopic (exact) mass is 1140 g/mol. The van der Waals surface area contributed by atoms with Gasteiger partial charge in [0.15, 0.2) is 6.10 Å². The Hall–Kier alpha value is -1.85. The molecule has 0 rings (SSSR count). The molecule has 6 nitrogen and oxygen atoms in total. The highest BCUT2D eigenvalue weighted by molar-refractivity contribution is 5.71. The summed E-state index contributed by atoms with van der Waals surface area (Å²) in [5, 5.41) is 0. The second-order valence-corrected chi connectivity index (χ2v) is 25.6. The third kappa shape index (κ3) is 68.8. The second-order valence-electron chi connectivity index (χ2n) is 25.6. The van der Waals surface area contributed by atoms with E-state index < -0.39 is 6.10 Å².